The minimum Gasteiger partial charge on any atom is -0.316 e. The first-order chi connectivity index (χ1) is 11.8. The Hall–Kier alpha value is -2.15. The van der Waals surface area contributed by atoms with E-state index in [0.717, 1.165) is 25.0 Å². The number of aromatic nitrogens is 1. The van der Waals surface area contributed by atoms with E-state index in [-0.39, 0.29) is 5.49 Å². The maximum atomic E-state index is 14.1. The van der Waals surface area contributed by atoms with E-state index >= 15 is 0 Å². The van der Waals surface area contributed by atoms with Crippen LogP contribution in [0.3, 0.4) is 0 Å². The fourth-order valence-corrected chi connectivity index (χ4v) is 2.65. The second-order valence-corrected chi connectivity index (χ2v) is 6.23. The van der Waals surface area contributed by atoms with Crippen LogP contribution in [0.15, 0.2) is 41.4 Å². The first-order valence-electron chi connectivity index (χ1n) is 7.57. The van der Waals surface area contributed by atoms with E-state index in [1.807, 2.05) is 0 Å². The summed E-state index contributed by atoms with van der Waals surface area (Å²) in [7, 11) is 0. The fourth-order valence-electron chi connectivity index (χ4n) is 2.42. The number of pyridine rings is 1. The molecule has 0 bridgehead atoms. The Kier molecular flexibility index (Phi) is 4.69. The molecule has 1 amide bonds. The van der Waals surface area contributed by atoms with Crippen molar-refractivity contribution >= 4 is 17.5 Å². The van der Waals surface area contributed by atoms with Crippen molar-refractivity contribution in [2.75, 3.05) is 0 Å². The Morgan fingerprint density at radius 2 is 1.88 bits per heavy atom. The highest BCUT2D eigenvalue weighted by atomic mass is 35.5. The maximum Gasteiger partial charge on any atom is 0.419 e. The molecular formula is C17H13ClF4N2O. The van der Waals surface area contributed by atoms with Crippen molar-refractivity contribution < 1.29 is 22.4 Å². The summed E-state index contributed by atoms with van der Waals surface area (Å²) in [6, 6.07) is 7.24. The van der Waals surface area contributed by atoms with E-state index in [0.29, 0.717) is 23.7 Å². The van der Waals surface area contributed by atoms with Crippen molar-refractivity contribution in [3.05, 3.63) is 64.0 Å². The zero-order valence-corrected chi connectivity index (χ0v) is 13.6. The molecule has 8 heteroatoms. The van der Waals surface area contributed by atoms with Crippen molar-refractivity contribution in [3.63, 3.8) is 0 Å². The molecule has 2 aromatic rings. The summed E-state index contributed by atoms with van der Waals surface area (Å²) in [6.45, 7) is 0.552. The van der Waals surface area contributed by atoms with Crippen molar-refractivity contribution in [2.24, 2.45) is 10.9 Å². The third kappa shape index (κ3) is 3.92. The van der Waals surface area contributed by atoms with Gasteiger partial charge in [0, 0.05) is 6.54 Å². The van der Waals surface area contributed by atoms with Gasteiger partial charge in [-0.1, -0.05) is 23.7 Å². The lowest BCUT2D eigenvalue weighted by atomic mass is 10.1. The Morgan fingerprint density at radius 3 is 2.52 bits per heavy atom. The molecule has 25 heavy (non-hydrogen) atoms. The number of nitrogens with zero attached hydrogens (tertiary/aromatic N) is 2. The van der Waals surface area contributed by atoms with Crippen molar-refractivity contribution in [2.45, 2.75) is 25.6 Å². The predicted molar refractivity (Wildman–Crippen MR) is 83.5 cm³/mol. The number of benzene rings is 1. The molecule has 3 nitrogen and oxygen atoms in total. The normalized spacial score (nSPS) is 15.5. The van der Waals surface area contributed by atoms with Crippen LogP contribution in [0.4, 0.5) is 17.6 Å². The highest BCUT2D eigenvalue weighted by molar-refractivity contribution is 6.29. The summed E-state index contributed by atoms with van der Waals surface area (Å²) < 4.78 is 54.0. The standard InChI is InChI=1S/C17H13ClF4N2O/c18-13-5-2-6-14(24(13)9-10-7-8-10)23-16(25)11-3-1-4-12(15(11)19)17(20,21)22/h1-6,10H,7-9H2/b23-14+. The summed E-state index contributed by atoms with van der Waals surface area (Å²) in [5, 5.41) is 0.352. The molecule has 1 aliphatic carbocycles. The van der Waals surface area contributed by atoms with Crippen LogP contribution in [0.25, 0.3) is 0 Å². The molecule has 0 N–H and O–H groups in total. The van der Waals surface area contributed by atoms with Crippen LogP contribution in [0.1, 0.15) is 28.8 Å². The van der Waals surface area contributed by atoms with Crippen molar-refractivity contribution in [3.8, 4) is 0 Å². The topological polar surface area (TPSA) is 34.4 Å². The van der Waals surface area contributed by atoms with Gasteiger partial charge in [-0.25, -0.2) is 4.39 Å². The average molecular weight is 373 g/mol. The first-order valence-corrected chi connectivity index (χ1v) is 7.95. The zero-order chi connectivity index (χ0) is 18.2. The Bertz CT molecular complexity index is 885. The lowest BCUT2D eigenvalue weighted by Crippen LogP contribution is -2.24. The highest BCUT2D eigenvalue weighted by Crippen LogP contribution is 2.33. The molecular weight excluding hydrogens is 360 g/mol. The number of hydrogen-bond donors (Lipinski definition) is 0. The van der Waals surface area contributed by atoms with Crippen LogP contribution < -0.4 is 5.49 Å². The molecule has 1 saturated carbocycles. The number of rotatable bonds is 3. The quantitative estimate of drug-likeness (QED) is 0.579. The van der Waals surface area contributed by atoms with Gasteiger partial charge in [-0.3, -0.25) is 4.79 Å². The number of halogens is 5. The lowest BCUT2D eigenvalue weighted by molar-refractivity contribution is -0.140. The molecule has 0 saturated heterocycles. The van der Waals surface area contributed by atoms with Gasteiger partial charge >= 0.3 is 6.18 Å². The largest absolute Gasteiger partial charge is 0.419 e. The first kappa shape index (κ1) is 17.7. The lowest BCUT2D eigenvalue weighted by Gasteiger charge is -2.10. The third-order valence-corrected chi connectivity index (χ3v) is 4.23. The summed E-state index contributed by atoms with van der Waals surface area (Å²) >= 11 is 6.12. The molecule has 1 aromatic carbocycles. The highest BCUT2D eigenvalue weighted by Gasteiger charge is 2.35. The molecule has 0 atom stereocenters. The summed E-state index contributed by atoms with van der Waals surface area (Å²) in [6.07, 6.45) is -2.82. The molecule has 1 aliphatic rings. The third-order valence-electron chi connectivity index (χ3n) is 3.90. The fraction of sp³-hybridized carbons (Fsp3) is 0.294. The van der Waals surface area contributed by atoms with Gasteiger partial charge in [0.15, 0.2) is 0 Å². The van der Waals surface area contributed by atoms with Gasteiger partial charge < -0.3 is 4.57 Å². The second kappa shape index (κ2) is 6.63. The molecule has 0 unspecified atom stereocenters. The SMILES string of the molecule is O=C(/N=c1\cccc(Cl)n1CC1CC1)c1cccc(C(F)(F)F)c1F. The minimum atomic E-state index is -4.89. The molecule has 0 spiro atoms. The van der Waals surface area contributed by atoms with Gasteiger partial charge in [0.25, 0.3) is 5.91 Å². The van der Waals surface area contributed by atoms with Crippen LogP contribution in [0.5, 0.6) is 0 Å². The summed E-state index contributed by atoms with van der Waals surface area (Å²) in [5.41, 5.74) is -2.04. The van der Waals surface area contributed by atoms with Gasteiger partial charge in [-0.2, -0.15) is 18.2 Å². The minimum absolute atomic E-state index is 0.182. The van der Waals surface area contributed by atoms with Crippen LogP contribution in [-0.2, 0) is 12.7 Å². The Morgan fingerprint density at radius 1 is 1.20 bits per heavy atom. The smallest absolute Gasteiger partial charge is 0.316 e. The van der Waals surface area contributed by atoms with E-state index < -0.39 is 29.0 Å². The summed E-state index contributed by atoms with van der Waals surface area (Å²) in [4.78, 5) is 16.0. The van der Waals surface area contributed by atoms with Gasteiger partial charge in [-0.15, -0.1) is 0 Å². The number of alkyl halides is 3. The van der Waals surface area contributed by atoms with Crippen molar-refractivity contribution in [1.29, 1.82) is 0 Å². The molecule has 1 aromatic heterocycles. The van der Waals surface area contributed by atoms with E-state index in [1.165, 1.54) is 6.07 Å². The van der Waals surface area contributed by atoms with Gasteiger partial charge in [0.05, 0.1) is 11.1 Å². The monoisotopic (exact) mass is 372 g/mol. The maximum absolute atomic E-state index is 14.1. The average Bonchev–Trinajstić information content (AvgIpc) is 3.33. The van der Waals surface area contributed by atoms with Gasteiger partial charge in [0.1, 0.15) is 16.5 Å². The summed E-state index contributed by atoms with van der Waals surface area (Å²) in [5.74, 6) is -2.28. The van der Waals surface area contributed by atoms with Crippen LogP contribution >= 0.6 is 11.6 Å². The molecule has 132 valence electrons. The van der Waals surface area contributed by atoms with E-state index in [9.17, 15) is 22.4 Å². The van der Waals surface area contributed by atoms with Crippen LogP contribution in [0.2, 0.25) is 5.15 Å². The van der Waals surface area contributed by atoms with E-state index in [4.69, 9.17) is 11.6 Å². The predicted octanol–water partition coefficient (Wildman–Crippen LogP) is 4.45. The Balaban J connectivity index is 2.03. The van der Waals surface area contributed by atoms with E-state index in [1.54, 1.807) is 16.7 Å². The van der Waals surface area contributed by atoms with E-state index in [2.05, 4.69) is 4.99 Å². The molecule has 3 rings (SSSR count). The molecule has 1 heterocycles. The van der Waals surface area contributed by atoms with Crippen LogP contribution in [0, 0.1) is 11.7 Å². The van der Waals surface area contributed by atoms with Crippen molar-refractivity contribution in [1.82, 2.24) is 4.57 Å². The Labute approximate surface area is 145 Å². The number of hydrogen-bond acceptors (Lipinski definition) is 1. The van der Waals surface area contributed by atoms with Crippen LogP contribution in [-0.4, -0.2) is 10.5 Å². The number of carbonyl (C=O) groups is 1. The molecule has 0 aliphatic heterocycles. The molecule has 1 fully saturated rings. The number of amides is 1. The molecule has 0 radical (unpaired) electrons. The number of carbonyl (C=O) groups excluding carboxylic acids is 1. The zero-order valence-electron chi connectivity index (χ0n) is 12.9. The second-order valence-electron chi connectivity index (χ2n) is 5.84. The van der Waals surface area contributed by atoms with Gasteiger partial charge in [-0.05, 0) is 43.0 Å². The van der Waals surface area contributed by atoms with Gasteiger partial charge in [0.2, 0.25) is 0 Å².